The van der Waals surface area contributed by atoms with Crippen molar-refractivity contribution in [1.82, 2.24) is 4.90 Å². The zero-order valence-electron chi connectivity index (χ0n) is 11.2. The molecule has 96 valence electrons. The third-order valence-electron chi connectivity index (χ3n) is 3.78. The van der Waals surface area contributed by atoms with Gasteiger partial charge in [-0.05, 0) is 27.7 Å². The fraction of sp³-hybridized carbons (Fsp3) is 1.00. The fourth-order valence-electron chi connectivity index (χ4n) is 2.40. The minimum atomic E-state index is -0.110. The van der Waals surface area contributed by atoms with Gasteiger partial charge in [0.05, 0.1) is 23.9 Å². The van der Waals surface area contributed by atoms with Gasteiger partial charge in [-0.2, -0.15) is 0 Å². The van der Waals surface area contributed by atoms with Gasteiger partial charge in [0.15, 0.2) is 0 Å². The molecule has 4 atom stereocenters. The summed E-state index contributed by atoms with van der Waals surface area (Å²) in [7, 11) is 1.74. The van der Waals surface area contributed by atoms with Gasteiger partial charge in [-0.15, -0.1) is 0 Å². The summed E-state index contributed by atoms with van der Waals surface area (Å²) in [5, 5.41) is 0. The van der Waals surface area contributed by atoms with Crippen LogP contribution in [0.5, 0.6) is 0 Å². The van der Waals surface area contributed by atoms with Crippen molar-refractivity contribution >= 4 is 0 Å². The Bertz CT molecular complexity index is 215. The Balaban J connectivity index is 2.78. The Kier molecular flexibility index (Phi) is 4.73. The maximum absolute atomic E-state index is 5.94. The van der Waals surface area contributed by atoms with Gasteiger partial charge in [-0.1, -0.05) is 0 Å². The first-order valence-electron chi connectivity index (χ1n) is 6.07. The lowest BCUT2D eigenvalue weighted by Gasteiger charge is -2.48. The minimum absolute atomic E-state index is 0.110. The second-order valence-corrected chi connectivity index (χ2v) is 5.10. The molecule has 4 unspecified atom stereocenters. The molecule has 16 heavy (non-hydrogen) atoms. The van der Waals surface area contributed by atoms with Crippen molar-refractivity contribution in [3.05, 3.63) is 0 Å². The van der Waals surface area contributed by atoms with E-state index in [-0.39, 0.29) is 23.9 Å². The number of hydrogen-bond acceptors (Lipinski definition) is 4. The number of nitrogens with zero attached hydrogens (tertiary/aromatic N) is 1. The lowest BCUT2D eigenvalue weighted by atomic mass is 9.92. The third kappa shape index (κ3) is 2.74. The van der Waals surface area contributed by atoms with Crippen LogP contribution >= 0.6 is 0 Å². The highest BCUT2D eigenvalue weighted by molar-refractivity contribution is 4.95. The quantitative estimate of drug-likeness (QED) is 0.778. The van der Waals surface area contributed by atoms with E-state index in [1.165, 1.54) is 0 Å². The zero-order valence-corrected chi connectivity index (χ0v) is 11.2. The molecule has 0 saturated carbocycles. The summed E-state index contributed by atoms with van der Waals surface area (Å²) in [6, 6.07) is 0. The second-order valence-electron chi connectivity index (χ2n) is 5.10. The SMILES string of the molecule is COC(C)C(C)(CN)N1CC(C)OC(C)C1. The summed E-state index contributed by atoms with van der Waals surface area (Å²) in [6.07, 6.45) is 0.646. The highest BCUT2D eigenvalue weighted by Gasteiger charge is 2.39. The van der Waals surface area contributed by atoms with Gasteiger partial charge in [-0.25, -0.2) is 0 Å². The van der Waals surface area contributed by atoms with Gasteiger partial charge >= 0.3 is 0 Å². The predicted molar refractivity (Wildman–Crippen MR) is 65.5 cm³/mol. The summed E-state index contributed by atoms with van der Waals surface area (Å²) in [4.78, 5) is 2.40. The lowest BCUT2D eigenvalue weighted by Crippen LogP contribution is -2.64. The second kappa shape index (κ2) is 5.45. The number of methoxy groups -OCH3 is 1. The first kappa shape index (κ1) is 13.9. The normalized spacial score (nSPS) is 33.4. The van der Waals surface area contributed by atoms with Gasteiger partial charge in [0.2, 0.25) is 0 Å². The average Bonchev–Trinajstić information content (AvgIpc) is 2.25. The topological polar surface area (TPSA) is 47.7 Å². The van der Waals surface area contributed by atoms with Crippen molar-refractivity contribution in [2.45, 2.75) is 51.5 Å². The molecule has 0 aromatic carbocycles. The summed E-state index contributed by atoms with van der Waals surface area (Å²) < 4.78 is 11.2. The number of rotatable bonds is 4. The Hall–Kier alpha value is -0.160. The van der Waals surface area contributed by atoms with Crippen LogP contribution in [-0.4, -0.2) is 55.5 Å². The van der Waals surface area contributed by atoms with Crippen molar-refractivity contribution in [3.63, 3.8) is 0 Å². The van der Waals surface area contributed by atoms with Crippen LogP contribution in [0.2, 0.25) is 0 Å². The molecular formula is C12H26N2O2. The van der Waals surface area contributed by atoms with Gasteiger partial charge < -0.3 is 15.2 Å². The number of ether oxygens (including phenoxy) is 2. The molecule has 2 N–H and O–H groups in total. The standard InChI is InChI=1S/C12H26N2O2/c1-9-6-14(7-10(2)16-9)12(4,8-13)11(3)15-5/h9-11H,6-8,13H2,1-5H3. The van der Waals surface area contributed by atoms with E-state index in [1.807, 2.05) is 0 Å². The van der Waals surface area contributed by atoms with Crippen LogP contribution in [0.4, 0.5) is 0 Å². The lowest BCUT2D eigenvalue weighted by molar-refractivity contribution is -0.124. The van der Waals surface area contributed by atoms with Crippen LogP contribution in [0.3, 0.4) is 0 Å². The highest BCUT2D eigenvalue weighted by atomic mass is 16.5. The van der Waals surface area contributed by atoms with E-state index < -0.39 is 0 Å². The van der Waals surface area contributed by atoms with Crippen LogP contribution in [0.1, 0.15) is 27.7 Å². The number of hydrogen-bond donors (Lipinski definition) is 1. The molecule has 1 rings (SSSR count). The Morgan fingerprint density at radius 2 is 1.94 bits per heavy atom. The number of morpholine rings is 1. The van der Waals surface area contributed by atoms with E-state index in [2.05, 4.69) is 32.6 Å². The summed E-state index contributed by atoms with van der Waals surface area (Å²) >= 11 is 0. The summed E-state index contributed by atoms with van der Waals surface area (Å²) in [5.74, 6) is 0. The molecule has 0 spiro atoms. The first-order chi connectivity index (χ1) is 7.43. The molecule has 0 aromatic heterocycles. The Morgan fingerprint density at radius 3 is 2.31 bits per heavy atom. The largest absolute Gasteiger partial charge is 0.380 e. The highest BCUT2D eigenvalue weighted by Crippen LogP contribution is 2.25. The fourth-order valence-corrected chi connectivity index (χ4v) is 2.40. The van der Waals surface area contributed by atoms with Crippen molar-refractivity contribution in [3.8, 4) is 0 Å². The number of nitrogens with two attached hydrogens (primary N) is 1. The first-order valence-corrected chi connectivity index (χ1v) is 6.07. The van der Waals surface area contributed by atoms with Crippen molar-refractivity contribution in [2.24, 2.45) is 5.73 Å². The van der Waals surface area contributed by atoms with Crippen molar-refractivity contribution in [1.29, 1.82) is 0 Å². The molecule has 0 aliphatic carbocycles. The summed E-state index contributed by atoms with van der Waals surface area (Å²) in [6.45, 7) is 10.9. The molecular weight excluding hydrogens is 204 g/mol. The maximum atomic E-state index is 5.94. The van der Waals surface area contributed by atoms with Crippen LogP contribution in [-0.2, 0) is 9.47 Å². The van der Waals surface area contributed by atoms with Crippen molar-refractivity contribution in [2.75, 3.05) is 26.7 Å². The third-order valence-corrected chi connectivity index (χ3v) is 3.78. The van der Waals surface area contributed by atoms with Crippen LogP contribution in [0.25, 0.3) is 0 Å². The molecule has 0 radical (unpaired) electrons. The molecule has 1 heterocycles. The Labute approximate surface area is 99.1 Å². The molecule has 1 fully saturated rings. The van der Waals surface area contributed by atoms with Crippen LogP contribution in [0, 0.1) is 0 Å². The Morgan fingerprint density at radius 1 is 1.44 bits per heavy atom. The van der Waals surface area contributed by atoms with Gasteiger partial charge in [0.25, 0.3) is 0 Å². The van der Waals surface area contributed by atoms with E-state index >= 15 is 0 Å². The van der Waals surface area contributed by atoms with E-state index in [4.69, 9.17) is 15.2 Å². The van der Waals surface area contributed by atoms with E-state index in [1.54, 1.807) is 7.11 Å². The minimum Gasteiger partial charge on any atom is -0.380 e. The molecule has 4 heteroatoms. The predicted octanol–water partition coefficient (Wildman–Crippen LogP) is 0.848. The molecule has 1 saturated heterocycles. The molecule has 0 amide bonds. The molecule has 1 aliphatic heterocycles. The summed E-state index contributed by atoms with van der Waals surface area (Å²) in [5.41, 5.74) is 5.83. The van der Waals surface area contributed by atoms with E-state index in [0.717, 1.165) is 13.1 Å². The maximum Gasteiger partial charge on any atom is 0.0736 e. The van der Waals surface area contributed by atoms with Crippen molar-refractivity contribution < 1.29 is 9.47 Å². The molecule has 1 aliphatic rings. The van der Waals surface area contributed by atoms with Gasteiger partial charge in [0, 0.05) is 26.7 Å². The zero-order chi connectivity index (χ0) is 12.3. The average molecular weight is 230 g/mol. The molecule has 0 bridgehead atoms. The van der Waals surface area contributed by atoms with E-state index in [9.17, 15) is 0 Å². The monoisotopic (exact) mass is 230 g/mol. The van der Waals surface area contributed by atoms with Gasteiger partial charge in [-0.3, -0.25) is 4.90 Å². The molecule has 0 aromatic rings. The van der Waals surface area contributed by atoms with Crippen LogP contribution < -0.4 is 5.73 Å². The molecule has 4 nitrogen and oxygen atoms in total. The van der Waals surface area contributed by atoms with Gasteiger partial charge in [0.1, 0.15) is 0 Å². The van der Waals surface area contributed by atoms with Crippen LogP contribution in [0.15, 0.2) is 0 Å². The smallest absolute Gasteiger partial charge is 0.0736 e. The van der Waals surface area contributed by atoms with E-state index in [0.29, 0.717) is 6.54 Å².